The molecule has 0 saturated carbocycles. The van der Waals surface area contributed by atoms with Crippen molar-refractivity contribution in [1.29, 1.82) is 0 Å². The number of anilines is 1. The normalized spacial score (nSPS) is 14.1. The van der Waals surface area contributed by atoms with Gasteiger partial charge in [-0.3, -0.25) is 14.9 Å². The summed E-state index contributed by atoms with van der Waals surface area (Å²) in [6.07, 6.45) is 1.42. The Hall–Kier alpha value is -3.87. The molecule has 4 aromatic rings. The summed E-state index contributed by atoms with van der Waals surface area (Å²) in [6.45, 7) is 0.639. The maximum absolute atomic E-state index is 13.4. The van der Waals surface area contributed by atoms with Crippen molar-refractivity contribution in [3.63, 3.8) is 0 Å². The van der Waals surface area contributed by atoms with E-state index in [4.69, 9.17) is 25.8 Å². The smallest absolute Gasteiger partial charge is 0.335 e. The molecule has 0 aliphatic carbocycles. The topological polar surface area (TPSA) is 94.2 Å². The molecule has 5 rings (SSSR count). The van der Waals surface area contributed by atoms with Crippen LogP contribution in [0.4, 0.5) is 10.5 Å². The Morgan fingerprint density at radius 1 is 0.884 bits per heavy atom. The van der Waals surface area contributed by atoms with E-state index in [9.17, 15) is 14.4 Å². The van der Waals surface area contributed by atoms with Crippen LogP contribution in [0.1, 0.15) is 16.7 Å². The van der Waals surface area contributed by atoms with E-state index in [-0.39, 0.29) is 17.9 Å². The number of rotatable bonds is 9. The van der Waals surface area contributed by atoms with Gasteiger partial charge in [-0.05, 0) is 106 Å². The lowest BCUT2D eigenvalue weighted by molar-refractivity contribution is -0.122. The minimum absolute atomic E-state index is 0.206. The Morgan fingerprint density at radius 3 is 2.16 bits per heavy atom. The molecule has 0 bridgehead atoms. The zero-order valence-electron chi connectivity index (χ0n) is 22.6. The number of nitrogens with one attached hydrogen (secondary N) is 1. The minimum Gasteiger partial charge on any atom is -0.493 e. The molecule has 0 spiro atoms. The second-order valence-electron chi connectivity index (χ2n) is 9.32. The number of hydrogen-bond donors (Lipinski definition) is 1. The third-order valence-corrected chi connectivity index (χ3v) is 7.96. The van der Waals surface area contributed by atoms with Gasteiger partial charge in [-0.1, -0.05) is 51.8 Å². The van der Waals surface area contributed by atoms with Gasteiger partial charge in [0, 0.05) is 9.50 Å². The lowest BCUT2D eigenvalue weighted by atomic mass is 10.1. The number of carbonyl (C=O) groups excluding carboxylic acids is 3. The van der Waals surface area contributed by atoms with Gasteiger partial charge in [0.25, 0.3) is 11.8 Å². The van der Waals surface area contributed by atoms with E-state index in [0.29, 0.717) is 38.0 Å². The van der Waals surface area contributed by atoms with Crippen molar-refractivity contribution in [3.8, 4) is 17.2 Å². The molecule has 1 aliphatic heterocycles. The Kier molecular flexibility index (Phi) is 9.69. The highest BCUT2D eigenvalue weighted by Crippen LogP contribution is 2.36. The molecule has 8 nitrogen and oxygen atoms in total. The van der Waals surface area contributed by atoms with Crippen molar-refractivity contribution in [2.75, 3.05) is 12.0 Å². The molecule has 43 heavy (non-hydrogen) atoms. The van der Waals surface area contributed by atoms with Crippen LogP contribution in [0.2, 0.25) is 5.02 Å². The molecule has 11 heteroatoms. The molecule has 0 unspecified atom stereocenters. The summed E-state index contributed by atoms with van der Waals surface area (Å²) in [5.74, 6) is -0.0580. The van der Waals surface area contributed by atoms with Crippen molar-refractivity contribution in [2.24, 2.45) is 0 Å². The first-order valence-electron chi connectivity index (χ1n) is 12.9. The molecule has 1 saturated heterocycles. The molecule has 4 amide bonds. The van der Waals surface area contributed by atoms with Gasteiger partial charge in [0.05, 0.1) is 16.4 Å². The zero-order chi connectivity index (χ0) is 30.5. The van der Waals surface area contributed by atoms with Gasteiger partial charge in [-0.15, -0.1) is 0 Å². The first-order chi connectivity index (χ1) is 20.7. The van der Waals surface area contributed by atoms with E-state index in [2.05, 4.69) is 43.8 Å². The second-order valence-corrected chi connectivity index (χ2v) is 11.8. The number of carbonyl (C=O) groups is 3. The Bertz CT molecular complexity index is 1710. The molecular weight excluding hydrogens is 751 g/mol. The fraction of sp³-hybridized carbons (Fsp3) is 0.0938. The predicted molar refractivity (Wildman–Crippen MR) is 175 cm³/mol. The molecule has 0 atom stereocenters. The predicted octanol–water partition coefficient (Wildman–Crippen LogP) is 7.54. The van der Waals surface area contributed by atoms with Crippen molar-refractivity contribution in [1.82, 2.24) is 5.32 Å². The third-order valence-electron chi connectivity index (χ3n) is 6.37. The highest BCUT2D eigenvalue weighted by Gasteiger charge is 2.37. The van der Waals surface area contributed by atoms with E-state index in [0.717, 1.165) is 20.5 Å². The molecule has 1 heterocycles. The Balaban J connectivity index is 1.33. The Morgan fingerprint density at radius 2 is 1.51 bits per heavy atom. The summed E-state index contributed by atoms with van der Waals surface area (Å²) < 4.78 is 19.1. The van der Waals surface area contributed by atoms with Crippen molar-refractivity contribution in [3.05, 3.63) is 120 Å². The number of benzene rings is 4. The van der Waals surface area contributed by atoms with E-state index in [1.165, 1.54) is 13.2 Å². The van der Waals surface area contributed by atoms with E-state index in [1.54, 1.807) is 48.5 Å². The monoisotopic (exact) mass is 772 g/mol. The molecule has 218 valence electrons. The van der Waals surface area contributed by atoms with Gasteiger partial charge < -0.3 is 14.2 Å². The first kappa shape index (κ1) is 30.6. The first-order valence-corrected chi connectivity index (χ1v) is 15.1. The molecule has 1 aliphatic rings. The maximum Gasteiger partial charge on any atom is 0.335 e. The molecule has 1 fully saturated rings. The summed E-state index contributed by atoms with van der Waals surface area (Å²) in [5.41, 5.74) is 2.51. The van der Waals surface area contributed by atoms with Crippen LogP contribution < -0.4 is 24.4 Å². The number of urea groups is 1. The Labute approximate surface area is 274 Å². The highest BCUT2D eigenvalue weighted by atomic mass is 127. The molecular formula is C32H23BrClIN2O6. The van der Waals surface area contributed by atoms with Gasteiger partial charge in [-0.25, -0.2) is 9.69 Å². The minimum atomic E-state index is -0.839. The van der Waals surface area contributed by atoms with Crippen LogP contribution in [0, 0.1) is 3.57 Å². The van der Waals surface area contributed by atoms with Crippen molar-refractivity contribution >= 4 is 79.7 Å². The SMILES string of the molecule is COc1cc(/C=C2\C(=O)NC(=O)N(c3ccc(OCc4ccc(Br)cc4)cc3)C2=O)cc(I)c1OCc1ccc(Cl)cc1. The number of nitrogens with zero attached hydrogens (tertiary/aromatic N) is 1. The lowest BCUT2D eigenvalue weighted by Gasteiger charge is -2.26. The van der Waals surface area contributed by atoms with Crippen LogP contribution in [0.3, 0.4) is 0 Å². The maximum atomic E-state index is 13.4. The summed E-state index contributed by atoms with van der Waals surface area (Å²) in [4.78, 5) is 39.8. The van der Waals surface area contributed by atoms with E-state index >= 15 is 0 Å². The summed E-state index contributed by atoms with van der Waals surface area (Å²) >= 11 is 11.5. The summed E-state index contributed by atoms with van der Waals surface area (Å²) in [7, 11) is 1.50. The number of amides is 4. The molecule has 4 aromatic carbocycles. The largest absolute Gasteiger partial charge is 0.493 e. The standard InChI is InChI=1S/C32H23BrClIN2O6/c1-41-28-16-21(15-27(35)29(28)43-18-20-4-8-23(34)9-5-20)14-26-30(38)36-32(40)37(31(26)39)24-10-12-25(13-11-24)42-17-19-2-6-22(33)7-3-19/h2-16H,17-18H2,1H3,(H,36,38,40)/b26-14+. The fourth-order valence-electron chi connectivity index (χ4n) is 4.20. The van der Waals surface area contributed by atoms with Crippen molar-refractivity contribution in [2.45, 2.75) is 13.2 Å². The number of ether oxygens (including phenoxy) is 3. The van der Waals surface area contributed by atoms with Crippen LogP contribution in [-0.4, -0.2) is 25.0 Å². The van der Waals surface area contributed by atoms with Gasteiger partial charge in [0.15, 0.2) is 11.5 Å². The third kappa shape index (κ3) is 7.38. The number of methoxy groups -OCH3 is 1. The van der Waals surface area contributed by atoms with E-state index < -0.39 is 17.8 Å². The van der Waals surface area contributed by atoms with Gasteiger partial charge in [0.2, 0.25) is 0 Å². The molecule has 0 aromatic heterocycles. The van der Waals surface area contributed by atoms with Crippen LogP contribution >= 0.6 is 50.1 Å². The number of barbiturate groups is 1. The van der Waals surface area contributed by atoms with Crippen LogP contribution in [0.15, 0.2) is 95.0 Å². The fourth-order valence-corrected chi connectivity index (χ4v) is 5.37. The average molecular weight is 774 g/mol. The van der Waals surface area contributed by atoms with Crippen molar-refractivity contribution < 1.29 is 28.6 Å². The summed E-state index contributed by atoms with van der Waals surface area (Å²) in [5, 5.41) is 2.88. The number of hydrogen-bond acceptors (Lipinski definition) is 6. The molecule has 1 N–H and O–H groups in total. The average Bonchev–Trinajstić information content (AvgIpc) is 2.99. The van der Waals surface area contributed by atoms with Gasteiger partial charge in [-0.2, -0.15) is 0 Å². The van der Waals surface area contributed by atoms with E-state index in [1.807, 2.05) is 36.4 Å². The number of imide groups is 2. The van der Waals surface area contributed by atoms with Crippen LogP contribution in [0.5, 0.6) is 17.2 Å². The quantitative estimate of drug-likeness (QED) is 0.107. The zero-order valence-corrected chi connectivity index (χ0v) is 27.1. The van der Waals surface area contributed by atoms with Crippen LogP contribution in [-0.2, 0) is 22.8 Å². The summed E-state index contributed by atoms with van der Waals surface area (Å²) in [6, 6.07) is 24.1. The van der Waals surface area contributed by atoms with Crippen LogP contribution in [0.25, 0.3) is 6.08 Å². The molecule has 0 radical (unpaired) electrons. The van der Waals surface area contributed by atoms with Gasteiger partial charge in [0.1, 0.15) is 24.5 Å². The van der Waals surface area contributed by atoms with Gasteiger partial charge >= 0.3 is 6.03 Å². The highest BCUT2D eigenvalue weighted by molar-refractivity contribution is 14.1. The second kappa shape index (κ2) is 13.6. The lowest BCUT2D eigenvalue weighted by Crippen LogP contribution is -2.54. The number of halogens is 3.